The third kappa shape index (κ3) is 5.60. The molecule has 2 aliphatic carbocycles. The van der Waals surface area contributed by atoms with E-state index in [9.17, 15) is 4.79 Å². The highest BCUT2D eigenvalue weighted by Crippen LogP contribution is 2.31. The summed E-state index contributed by atoms with van der Waals surface area (Å²) >= 11 is 0. The van der Waals surface area contributed by atoms with E-state index in [0.717, 1.165) is 19.6 Å². The maximum absolute atomic E-state index is 13.6. The van der Waals surface area contributed by atoms with Crippen molar-refractivity contribution in [1.29, 1.82) is 0 Å². The molecule has 2 aromatic rings. The van der Waals surface area contributed by atoms with Gasteiger partial charge in [0, 0.05) is 32.7 Å². The van der Waals surface area contributed by atoms with Crippen LogP contribution in [0.5, 0.6) is 0 Å². The lowest BCUT2D eigenvalue weighted by Gasteiger charge is -2.35. The van der Waals surface area contributed by atoms with Crippen molar-refractivity contribution in [3.05, 3.63) is 70.8 Å². The molecule has 4 heteroatoms. The molecule has 1 amide bonds. The summed E-state index contributed by atoms with van der Waals surface area (Å²) in [4.78, 5) is 18.0. The molecule has 170 valence electrons. The highest BCUT2D eigenvalue weighted by molar-refractivity contribution is 5.81. The Morgan fingerprint density at radius 3 is 2.59 bits per heavy atom. The van der Waals surface area contributed by atoms with Crippen molar-refractivity contribution in [1.82, 2.24) is 9.80 Å². The zero-order valence-corrected chi connectivity index (χ0v) is 19.2. The Kier molecular flexibility index (Phi) is 6.89. The fourth-order valence-electron chi connectivity index (χ4n) is 5.17. The number of morpholine rings is 1. The SMILES string of the molecule is O=C(C1CN(Cc2ccccc2)CCO1)N(Cc1ccc2c(c1)CCCCC2)CC1CC1. The van der Waals surface area contributed by atoms with Crippen molar-refractivity contribution >= 4 is 5.91 Å². The number of carbonyl (C=O) groups is 1. The third-order valence-corrected chi connectivity index (χ3v) is 7.20. The first kappa shape index (κ1) is 21.7. The molecule has 4 nitrogen and oxygen atoms in total. The molecule has 0 N–H and O–H groups in total. The van der Waals surface area contributed by atoms with Crippen LogP contribution in [0.4, 0.5) is 0 Å². The fraction of sp³-hybridized carbons (Fsp3) is 0.536. The Hall–Kier alpha value is -2.17. The Morgan fingerprint density at radius 2 is 1.78 bits per heavy atom. The molecular weight excluding hydrogens is 396 g/mol. The van der Waals surface area contributed by atoms with Crippen LogP contribution in [-0.4, -0.2) is 48.1 Å². The molecule has 2 aromatic carbocycles. The fourth-order valence-corrected chi connectivity index (χ4v) is 5.17. The van der Waals surface area contributed by atoms with Crippen molar-refractivity contribution in [3.8, 4) is 0 Å². The molecule has 0 radical (unpaired) electrons. The second kappa shape index (κ2) is 10.2. The summed E-state index contributed by atoms with van der Waals surface area (Å²) in [7, 11) is 0. The van der Waals surface area contributed by atoms with Crippen molar-refractivity contribution in [2.45, 2.75) is 64.1 Å². The van der Waals surface area contributed by atoms with Crippen LogP contribution < -0.4 is 0 Å². The van der Waals surface area contributed by atoms with Crippen LogP contribution >= 0.6 is 0 Å². The van der Waals surface area contributed by atoms with E-state index in [0.29, 0.717) is 25.6 Å². The van der Waals surface area contributed by atoms with Gasteiger partial charge in [-0.25, -0.2) is 0 Å². The van der Waals surface area contributed by atoms with Crippen LogP contribution in [0.25, 0.3) is 0 Å². The monoisotopic (exact) mass is 432 g/mol. The zero-order chi connectivity index (χ0) is 21.8. The molecule has 0 bridgehead atoms. The molecule has 1 saturated carbocycles. The number of carbonyl (C=O) groups excluding carboxylic acids is 1. The minimum atomic E-state index is -0.355. The molecule has 1 aliphatic heterocycles. The molecule has 3 aliphatic rings. The second-order valence-electron chi connectivity index (χ2n) is 9.91. The smallest absolute Gasteiger partial charge is 0.253 e. The van der Waals surface area contributed by atoms with Gasteiger partial charge < -0.3 is 9.64 Å². The van der Waals surface area contributed by atoms with E-state index in [-0.39, 0.29) is 12.0 Å². The van der Waals surface area contributed by atoms with Crippen LogP contribution in [-0.2, 0) is 35.5 Å². The van der Waals surface area contributed by atoms with Crippen molar-refractivity contribution in [2.24, 2.45) is 5.92 Å². The van der Waals surface area contributed by atoms with Gasteiger partial charge in [0.1, 0.15) is 6.10 Å². The number of fused-ring (bicyclic) bond motifs is 1. The van der Waals surface area contributed by atoms with Gasteiger partial charge in [0.25, 0.3) is 5.91 Å². The minimum Gasteiger partial charge on any atom is -0.366 e. The normalized spacial score (nSPS) is 21.6. The Morgan fingerprint density at radius 1 is 0.969 bits per heavy atom. The van der Waals surface area contributed by atoms with Gasteiger partial charge in [-0.05, 0) is 66.7 Å². The third-order valence-electron chi connectivity index (χ3n) is 7.20. The predicted octanol–water partition coefficient (Wildman–Crippen LogP) is 4.60. The number of benzene rings is 2. The summed E-state index contributed by atoms with van der Waals surface area (Å²) < 4.78 is 6.00. The van der Waals surface area contributed by atoms with Crippen LogP contribution in [0.3, 0.4) is 0 Å². The summed E-state index contributed by atoms with van der Waals surface area (Å²) in [6, 6.07) is 17.5. The summed E-state index contributed by atoms with van der Waals surface area (Å²) in [6.07, 6.45) is 8.44. The minimum absolute atomic E-state index is 0.171. The van der Waals surface area contributed by atoms with Crippen molar-refractivity contribution < 1.29 is 9.53 Å². The average Bonchev–Trinajstić information content (AvgIpc) is 3.66. The molecule has 2 fully saturated rings. The summed E-state index contributed by atoms with van der Waals surface area (Å²) in [6.45, 7) is 4.64. The number of rotatable bonds is 7. The van der Waals surface area contributed by atoms with Crippen LogP contribution in [0, 0.1) is 5.92 Å². The first-order chi connectivity index (χ1) is 15.7. The van der Waals surface area contributed by atoms with E-state index in [1.54, 1.807) is 0 Å². The number of hydrogen-bond acceptors (Lipinski definition) is 3. The second-order valence-corrected chi connectivity index (χ2v) is 9.91. The first-order valence-electron chi connectivity index (χ1n) is 12.5. The van der Waals surface area contributed by atoms with E-state index < -0.39 is 0 Å². The molecule has 0 spiro atoms. The quantitative estimate of drug-likeness (QED) is 0.600. The average molecular weight is 433 g/mol. The summed E-state index contributed by atoms with van der Waals surface area (Å²) in [5, 5.41) is 0. The molecule has 1 unspecified atom stereocenters. The lowest BCUT2D eigenvalue weighted by atomic mass is 9.99. The molecule has 5 rings (SSSR count). The highest BCUT2D eigenvalue weighted by atomic mass is 16.5. The number of aryl methyl sites for hydroxylation is 2. The summed E-state index contributed by atoms with van der Waals surface area (Å²) in [5.74, 6) is 0.841. The van der Waals surface area contributed by atoms with Gasteiger partial charge in [-0.1, -0.05) is 55.0 Å². The van der Waals surface area contributed by atoms with E-state index in [2.05, 4.69) is 52.3 Å². The van der Waals surface area contributed by atoms with E-state index in [4.69, 9.17) is 4.74 Å². The molecule has 0 aromatic heterocycles. The molecular formula is C28H36N2O2. The lowest BCUT2D eigenvalue weighted by Crippen LogP contribution is -2.51. The number of ether oxygens (including phenoxy) is 1. The molecule has 32 heavy (non-hydrogen) atoms. The number of nitrogens with zero attached hydrogens (tertiary/aromatic N) is 2. The van der Waals surface area contributed by atoms with Gasteiger partial charge in [-0.3, -0.25) is 9.69 Å². The molecule has 1 heterocycles. The Balaban J connectivity index is 1.26. The number of amides is 1. The van der Waals surface area contributed by atoms with Gasteiger partial charge >= 0.3 is 0 Å². The summed E-state index contributed by atoms with van der Waals surface area (Å²) in [5.41, 5.74) is 5.58. The maximum Gasteiger partial charge on any atom is 0.253 e. The Labute approximate surface area is 192 Å². The van der Waals surface area contributed by atoms with Gasteiger partial charge in [0.15, 0.2) is 0 Å². The number of hydrogen-bond donors (Lipinski definition) is 0. The molecule has 1 saturated heterocycles. The van der Waals surface area contributed by atoms with E-state index in [1.807, 2.05) is 6.07 Å². The standard InChI is InChI=1S/C28H36N2O2/c31-28(27-21-29(15-16-32-27)18-22-7-3-1-4-8-22)30(19-23-11-12-23)20-24-13-14-25-9-5-2-6-10-26(25)17-24/h1,3-4,7-8,13-14,17,23,27H,2,5-6,9-12,15-16,18-21H2. The van der Waals surface area contributed by atoms with Crippen LogP contribution in [0.2, 0.25) is 0 Å². The van der Waals surface area contributed by atoms with Gasteiger partial charge in [0.2, 0.25) is 0 Å². The Bertz CT molecular complexity index is 909. The maximum atomic E-state index is 13.6. The van der Waals surface area contributed by atoms with Crippen LogP contribution in [0.1, 0.15) is 54.4 Å². The van der Waals surface area contributed by atoms with E-state index >= 15 is 0 Å². The van der Waals surface area contributed by atoms with Crippen LogP contribution in [0.15, 0.2) is 48.5 Å². The van der Waals surface area contributed by atoms with Gasteiger partial charge in [0.05, 0.1) is 6.61 Å². The lowest BCUT2D eigenvalue weighted by molar-refractivity contribution is -0.150. The van der Waals surface area contributed by atoms with Crippen molar-refractivity contribution in [2.75, 3.05) is 26.2 Å². The van der Waals surface area contributed by atoms with E-state index in [1.165, 1.54) is 67.2 Å². The zero-order valence-electron chi connectivity index (χ0n) is 19.2. The predicted molar refractivity (Wildman–Crippen MR) is 127 cm³/mol. The van der Waals surface area contributed by atoms with Crippen molar-refractivity contribution in [3.63, 3.8) is 0 Å². The first-order valence-corrected chi connectivity index (χ1v) is 12.5. The van der Waals surface area contributed by atoms with Gasteiger partial charge in [-0.2, -0.15) is 0 Å². The van der Waals surface area contributed by atoms with Gasteiger partial charge in [-0.15, -0.1) is 0 Å². The highest BCUT2D eigenvalue weighted by Gasteiger charge is 2.33. The largest absolute Gasteiger partial charge is 0.366 e. The topological polar surface area (TPSA) is 32.8 Å². The molecule has 1 atom stereocenters.